The number of carbonyl (C=O) groups excluding carboxylic acids is 2. The minimum atomic E-state index is -0.517. The van der Waals surface area contributed by atoms with Crippen LogP contribution < -0.4 is 0 Å². The minimum Gasteiger partial charge on any atom is -0.304 e. The largest absolute Gasteiger partial charge is 0.304 e. The van der Waals surface area contributed by atoms with E-state index in [4.69, 9.17) is 0 Å². The first-order valence-corrected chi connectivity index (χ1v) is 8.77. The molecule has 0 aliphatic carbocycles. The van der Waals surface area contributed by atoms with E-state index in [1.807, 2.05) is 0 Å². The molecule has 0 saturated heterocycles. The van der Waals surface area contributed by atoms with Gasteiger partial charge < -0.3 is 4.90 Å². The van der Waals surface area contributed by atoms with Gasteiger partial charge in [-0.2, -0.15) is 0 Å². The highest BCUT2D eigenvalue weighted by atomic mass is 16.6. The summed E-state index contributed by atoms with van der Waals surface area (Å²) in [5, 5.41) is 12.2. The maximum atomic E-state index is 12.9. The first kappa shape index (κ1) is 18.0. The molecule has 136 valence electrons. The fraction of sp³-hybridized carbons (Fsp3) is 0.368. The summed E-state index contributed by atoms with van der Waals surface area (Å²) >= 11 is 0. The molecule has 0 saturated carbocycles. The number of nitrogens with zero attached hydrogens (tertiary/aromatic N) is 3. The zero-order valence-electron chi connectivity index (χ0n) is 14.9. The Morgan fingerprint density at radius 3 is 2.42 bits per heavy atom. The fourth-order valence-electron chi connectivity index (χ4n) is 3.44. The highest BCUT2D eigenvalue weighted by molar-refractivity contribution is 6.25. The van der Waals surface area contributed by atoms with Gasteiger partial charge in [0.05, 0.1) is 10.5 Å². The number of rotatable bonds is 7. The second kappa shape index (κ2) is 7.21. The maximum Gasteiger partial charge on any atom is 0.270 e. The molecular weight excluding hydrogens is 334 g/mol. The Labute approximate surface area is 151 Å². The molecule has 0 bridgehead atoms. The third kappa shape index (κ3) is 3.06. The summed E-state index contributed by atoms with van der Waals surface area (Å²) in [6.45, 7) is 7.04. The van der Waals surface area contributed by atoms with Crippen LogP contribution in [0.15, 0.2) is 30.3 Å². The Balaban J connectivity index is 1.96. The topological polar surface area (TPSA) is 83.8 Å². The van der Waals surface area contributed by atoms with Crippen LogP contribution in [0.1, 0.15) is 41.0 Å². The van der Waals surface area contributed by atoms with Crippen molar-refractivity contribution in [1.82, 2.24) is 9.80 Å². The van der Waals surface area contributed by atoms with E-state index < -0.39 is 10.8 Å². The number of hydrogen-bond donors (Lipinski definition) is 0. The summed E-state index contributed by atoms with van der Waals surface area (Å²) in [4.78, 5) is 39.8. The van der Waals surface area contributed by atoms with Crippen molar-refractivity contribution in [3.8, 4) is 0 Å². The Morgan fingerprint density at radius 1 is 1.08 bits per heavy atom. The molecule has 2 amide bonds. The Morgan fingerprint density at radius 2 is 1.77 bits per heavy atom. The molecule has 0 atom stereocenters. The van der Waals surface area contributed by atoms with Crippen LogP contribution in [0.2, 0.25) is 0 Å². The van der Waals surface area contributed by atoms with E-state index in [1.54, 1.807) is 18.2 Å². The summed E-state index contributed by atoms with van der Waals surface area (Å²) in [5.74, 6) is -0.788. The summed E-state index contributed by atoms with van der Waals surface area (Å²) in [7, 11) is 0. The summed E-state index contributed by atoms with van der Waals surface area (Å²) in [6, 6.07) is 7.72. The molecule has 0 radical (unpaired) electrons. The maximum absolute atomic E-state index is 12.9. The molecule has 26 heavy (non-hydrogen) atoms. The van der Waals surface area contributed by atoms with Gasteiger partial charge in [0.25, 0.3) is 17.5 Å². The minimum absolute atomic E-state index is 0.143. The average Bonchev–Trinajstić information content (AvgIpc) is 2.65. The second-order valence-electron chi connectivity index (χ2n) is 6.30. The lowest BCUT2D eigenvalue weighted by Crippen LogP contribution is -2.41. The van der Waals surface area contributed by atoms with Crippen LogP contribution in [-0.4, -0.2) is 52.7 Å². The van der Waals surface area contributed by atoms with Gasteiger partial charge >= 0.3 is 0 Å². The van der Waals surface area contributed by atoms with Crippen molar-refractivity contribution >= 4 is 28.3 Å². The van der Waals surface area contributed by atoms with Crippen LogP contribution in [0.25, 0.3) is 10.8 Å². The number of amides is 2. The first-order chi connectivity index (χ1) is 12.5. The normalized spacial score (nSPS) is 13.7. The van der Waals surface area contributed by atoms with E-state index in [0.29, 0.717) is 29.3 Å². The van der Waals surface area contributed by atoms with Crippen LogP contribution >= 0.6 is 0 Å². The molecule has 0 unspecified atom stereocenters. The molecule has 2 aromatic carbocycles. The van der Waals surface area contributed by atoms with Gasteiger partial charge in [-0.15, -0.1) is 0 Å². The third-order valence-corrected chi connectivity index (χ3v) is 4.87. The van der Waals surface area contributed by atoms with E-state index >= 15 is 0 Å². The van der Waals surface area contributed by atoms with E-state index in [-0.39, 0.29) is 17.2 Å². The van der Waals surface area contributed by atoms with Gasteiger partial charge in [0.15, 0.2) is 0 Å². The molecule has 0 fully saturated rings. The molecule has 3 rings (SSSR count). The molecule has 2 aromatic rings. The van der Waals surface area contributed by atoms with Gasteiger partial charge in [-0.1, -0.05) is 26.0 Å². The molecule has 1 heterocycles. The lowest BCUT2D eigenvalue weighted by Gasteiger charge is -2.28. The zero-order valence-corrected chi connectivity index (χ0v) is 14.9. The predicted octanol–water partition coefficient (Wildman–Crippen LogP) is 3.08. The Kier molecular flexibility index (Phi) is 4.99. The van der Waals surface area contributed by atoms with Crippen molar-refractivity contribution in [3.05, 3.63) is 51.6 Å². The van der Waals surface area contributed by atoms with Gasteiger partial charge in [0.1, 0.15) is 0 Å². The highest BCUT2D eigenvalue weighted by Crippen LogP contribution is 2.33. The van der Waals surface area contributed by atoms with Gasteiger partial charge in [-0.3, -0.25) is 24.6 Å². The van der Waals surface area contributed by atoms with Crippen LogP contribution in [0.5, 0.6) is 0 Å². The summed E-state index contributed by atoms with van der Waals surface area (Å²) in [5.41, 5.74) is 0.512. The molecule has 1 aliphatic rings. The Hall–Kier alpha value is -2.80. The molecule has 0 N–H and O–H groups in total. The van der Waals surface area contributed by atoms with E-state index in [1.165, 1.54) is 17.0 Å². The average molecular weight is 355 g/mol. The van der Waals surface area contributed by atoms with E-state index in [0.717, 1.165) is 19.6 Å². The van der Waals surface area contributed by atoms with Gasteiger partial charge in [-0.25, -0.2) is 0 Å². The number of hydrogen-bond acceptors (Lipinski definition) is 5. The van der Waals surface area contributed by atoms with Crippen molar-refractivity contribution in [2.45, 2.75) is 20.3 Å². The fourth-order valence-corrected chi connectivity index (χ4v) is 3.44. The monoisotopic (exact) mass is 355 g/mol. The Bertz CT molecular complexity index is 890. The highest BCUT2D eigenvalue weighted by Gasteiger charge is 2.33. The third-order valence-electron chi connectivity index (χ3n) is 4.87. The van der Waals surface area contributed by atoms with Gasteiger partial charge in [-0.05, 0) is 37.5 Å². The molecule has 1 aliphatic heterocycles. The molecular formula is C19H21N3O4. The quantitative estimate of drug-likeness (QED) is 0.433. The van der Waals surface area contributed by atoms with E-state index in [2.05, 4.69) is 18.7 Å². The van der Waals surface area contributed by atoms with Crippen molar-refractivity contribution in [1.29, 1.82) is 0 Å². The molecule has 0 spiro atoms. The van der Waals surface area contributed by atoms with Crippen LogP contribution in [-0.2, 0) is 0 Å². The van der Waals surface area contributed by atoms with Crippen LogP contribution in [0.3, 0.4) is 0 Å². The summed E-state index contributed by atoms with van der Waals surface area (Å²) < 4.78 is 0. The predicted molar refractivity (Wildman–Crippen MR) is 98.4 cm³/mol. The van der Waals surface area contributed by atoms with Crippen molar-refractivity contribution in [2.75, 3.05) is 26.2 Å². The van der Waals surface area contributed by atoms with Crippen molar-refractivity contribution in [2.24, 2.45) is 0 Å². The lowest BCUT2D eigenvalue weighted by atomic mass is 9.93. The summed E-state index contributed by atoms with van der Waals surface area (Å²) in [6.07, 6.45) is 0.666. The van der Waals surface area contributed by atoms with Crippen LogP contribution in [0.4, 0.5) is 5.69 Å². The number of carbonyl (C=O) groups is 2. The smallest absolute Gasteiger partial charge is 0.270 e. The SMILES string of the molecule is CCN(CC)CCCN1C(=O)c2cccc3cc([N+](=O)[O-])cc(c23)C1=O. The molecule has 0 aromatic heterocycles. The second-order valence-corrected chi connectivity index (χ2v) is 6.30. The van der Waals surface area contributed by atoms with Gasteiger partial charge in [0, 0.05) is 29.6 Å². The van der Waals surface area contributed by atoms with Gasteiger partial charge in [0.2, 0.25) is 0 Å². The molecule has 7 heteroatoms. The number of nitro groups is 1. The number of benzene rings is 2. The number of imide groups is 1. The van der Waals surface area contributed by atoms with Crippen LogP contribution in [0, 0.1) is 10.1 Å². The van der Waals surface area contributed by atoms with Crippen molar-refractivity contribution in [3.63, 3.8) is 0 Å². The zero-order chi connectivity index (χ0) is 18.8. The lowest BCUT2D eigenvalue weighted by molar-refractivity contribution is -0.384. The first-order valence-electron chi connectivity index (χ1n) is 8.77. The number of non-ortho nitro benzene ring substituents is 1. The number of nitro benzene ring substituents is 1. The van der Waals surface area contributed by atoms with E-state index in [9.17, 15) is 19.7 Å². The molecule has 7 nitrogen and oxygen atoms in total. The van der Waals surface area contributed by atoms with Crippen molar-refractivity contribution < 1.29 is 14.5 Å². The standard InChI is InChI=1S/C19H21N3O4/c1-3-20(4-2)9-6-10-21-18(23)15-8-5-7-13-11-14(22(25)26)12-16(17(13)15)19(21)24/h5,7-8,11-12H,3-4,6,9-10H2,1-2H3.